The van der Waals surface area contributed by atoms with Crippen LogP contribution in [0.2, 0.25) is 0 Å². The molecule has 0 saturated heterocycles. The van der Waals surface area contributed by atoms with E-state index in [2.05, 4.69) is 10.1 Å². The summed E-state index contributed by atoms with van der Waals surface area (Å²) in [5.74, 6) is 0.174. The molecule has 2 aliphatic rings. The van der Waals surface area contributed by atoms with E-state index in [0.29, 0.717) is 21.5 Å². The van der Waals surface area contributed by atoms with Crippen LogP contribution in [0, 0.1) is 5.41 Å². The number of methoxy groups -OCH3 is 1. The minimum atomic E-state index is -0.454. The van der Waals surface area contributed by atoms with Gasteiger partial charge in [0, 0.05) is 11.1 Å². The Morgan fingerprint density at radius 2 is 1.85 bits per heavy atom. The molecule has 0 unspecified atom stereocenters. The van der Waals surface area contributed by atoms with Crippen molar-refractivity contribution in [1.82, 2.24) is 5.01 Å². The van der Waals surface area contributed by atoms with Gasteiger partial charge in [0.05, 0.1) is 12.7 Å². The lowest BCUT2D eigenvalue weighted by Crippen LogP contribution is -2.35. The molecule has 128 valence electrons. The molecular formula is C19H14N4O2S. The smallest absolute Gasteiger partial charge is 0.283 e. The lowest BCUT2D eigenvalue weighted by molar-refractivity contribution is -0.114. The zero-order valence-electron chi connectivity index (χ0n) is 13.8. The number of nitrogens with one attached hydrogen (secondary N) is 1. The number of hydrogen-bond acceptors (Lipinski definition) is 5. The zero-order valence-corrected chi connectivity index (χ0v) is 14.7. The van der Waals surface area contributed by atoms with Crippen molar-refractivity contribution in [1.29, 1.82) is 5.41 Å². The molecular weight excluding hydrogens is 348 g/mol. The number of hydrogen-bond donors (Lipinski definition) is 1. The van der Waals surface area contributed by atoms with Gasteiger partial charge >= 0.3 is 0 Å². The fraction of sp³-hybridized carbons (Fsp3) is 0.0526. The van der Waals surface area contributed by atoms with Crippen molar-refractivity contribution in [2.75, 3.05) is 7.11 Å². The summed E-state index contributed by atoms with van der Waals surface area (Å²) in [6, 6.07) is 16.9. The zero-order chi connectivity index (χ0) is 18.1. The first-order valence-electron chi connectivity index (χ1n) is 7.86. The number of ether oxygens (including phenoxy) is 1. The largest absolute Gasteiger partial charge is 0.496 e. The second-order valence-corrected chi connectivity index (χ2v) is 6.49. The van der Waals surface area contributed by atoms with Gasteiger partial charge in [-0.05, 0) is 23.9 Å². The number of carbonyl (C=O) groups is 1. The predicted molar refractivity (Wildman–Crippen MR) is 104 cm³/mol. The van der Waals surface area contributed by atoms with E-state index >= 15 is 0 Å². The summed E-state index contributed by atoms with van der Waals surface area (Å²) >= 11 is 1.28. The number of rotatable bonds is 3. The molecule has 2 heterocycles. The predicted octanol–water partition coefficient (Wildman–Crippen LogP) is 3.36. The molecule has 1 N–H and O–H groups in total. The van der Waals surface area contributed by atoms with E-state index in [-0.39, 0.29) is 11.4 Å². The Labute approximate surface area is 154 Å². The first-order valence-corrected chi connectivity index (χ1v) is 8.67. The average Bonchev–Trinajstić information content (AvgIpc) is 3.10. The van der Waals surface area contributed by atoms with Crippen LogP contribution in [0.25, 0.3) is 6.08 Å². The van der Waals surface area contributed by atoms with Gasteiger partial charge in [0.1, 0.15) is 10.8 Å². The normalized spacial score (nSPS) is 17.9. The van der Waals surface area contributed by atoms with Gasteiger partial charge in [0.2, 0.25) is 5.17 Å². The van der Waals surface area contributed by atoms with Crippen molar-refractivity contribution in [3.8, 4) is 5.75 Å². The molecule has 0 atom stereocenters. The number of nitrogens with zero attached hydrogens (tertiary/aromatic N) is 3. The number of hydrazone groups is 1. The summed E-state index contributed by atoms with van der Waals surface area (Å²) < 4.78 is 5.31. The highest BCUT2D eigenvalue weighted by molar-refractivity contribution is 8.27. The topological polar surface area (TPSA) is 78.1 Å². The van der Waals surface area contributed by atoms with E-state index in [1.807, 2.05) is 48.5 Å². The minimum Gasteiger partial charge on any atom is -0.496 e. The van der Waals surface area contributed by atoms with Crippen LogP contribution in [0.4, 0.5) is 0 Å². The number of amides is 1. The molecule has 0 bridgehead atoms. The Hall–Kier alpha value is -3.19. The second-order valence-electron chi connectivity index (χ2n) is 5.53. The molecule has 7 heteroatoms. The highest BCUT2D eigenvalue weighted by Crippen LogP contribution is 2.31. The summed E-state index contributed by atoms with van der Waals surface area (Å²) in [4.78, 5) is 16.6. The van der Waals surface area contributed by atoms with Gasteiger partial charge in [-0.1, -0.05) is 48.5 Å². The molecule has 0 aliphatic carbocycles. The standard InChI is InChI=1S/C19H14N4O2S/c1-25-15-10-6-5-9-13(15)11-14-16(20)23-19(21-17(14)24)26-18(22-23)12-7-3-2-4-8-12/h2-11,20H,1H3/b14-11-,20-16?. The molecule has 2 aromatic carbocycles. The molecule has 26 heavy (non-hydrogen) atoms. The van der Waals surface area contributed by atoms with E-state index in [1.165, 1.54) is 16.8 Å². The number of benzene rings is 2. The van der Waals surface area contributed by atoms with E-state index in [9.17, 15) is 4.79 Å². The van der Waals surface area contributed by atoms with Gasteiger partial charge in [-0.2, -0.15) is 15.1 Å². The van der Waals surface area contributed by atoms with Crippen molar-refractivity contribution >= 4 is 39.8 Å². The fourth-order valence-corrected chi connectivity index (χ4v) is 3.53. The van der Waals surface area contributed by atoms with Crippen molar-refractivity contribution in [2.24, 2.45) is 10.1 Å². The van der Waals surface area contributed by atoms with Crippen LogP contribution in [-0.2, 0) is 4.79 Å². The fourth-order valence-electron chi connectivity index (χ4n) is 2.63. The Morgan fingerprint density at radius 3 is 2.62 bits per heavy atom. The first kappa shape index (κ1) is 16.3. The number of thioether (sulfide) groups is 1. The van der Waals surface area contributed by atoms with E-state index in [0.717, 1.165) is 5.56 Å². The Morgan fingerprint density at radius 1 is 1.12 bits per heavy atom. The van der Waals surface area contributed by atoms with Crippen LogP contribution >= 0.6 is 11.8 Å². The summed E-state index contributed by atoms with van der Waals surface area (Å²) in [6.45, 7) is 0. The minimum absolute atomic E-state index is 0.00402. The molecule has 0 radical (unpaired) electrons. The number of carbonyl (C=O) groups excluding carboxylic acids is 1. The Kier molecular flexibility index (Phi) is 4.14. The van der Waals surface area contributed by atoms with Gasteiger partial charge in [-0.3, -0.25) is 10.2 Å². The van der Waals surface area contributed by atoms with Gasteiger partial charge in [-0.25, -0.2) is 0 Å². The van der Waals surface area contributed by atoms with Crippen molar-refractivity contribution in [3.63, 3.8) is 0 Å². The third-order valence-electron chi connectivity index (χ3n) is 3.91. The number of para-hydroxylation sites is 1. The van der Waals surface area contributed by atoms with E-state index in [4.69, 9.17) is 10.1 Å². The van der Waals surface area contributed by atoms with E-state index < -0.39 is 5.91 Å². The number of amidine groups is 2. The molecule has 2 aliphatic heterocycles. The molecule has 0 aromatic heterocycles. The highest BCUT2D eigenvalue weighted by Gasteiger charge is 2.36. The van der Waals surface area contributed by atoms with Gasteiger partial charge < -0.3 is 4.74 Å². The van der Waals surface area contributed by atoms with Crippen LogP contribution in [-0.4, -0.2) is 34.1 Å². The van der Waals surface area contributed by atoms with Gasteiger partial charge in [0.25, 0.3) is 5.91 Å². The molecule has 0 saturated carbocycles. The van der Waals surface area contributed by atoms with Crippen molar-refractivity contribution in [3.05, 3.63) is 71.3 Å². The van der Waals surface area contributed by atoms with Gasteiger partial charge in [0.15, 0.2) is 5.84 Å². The van der Waals surface area contributed by atoms with Gasteiger partial charge in [-0.15, -0.1) is 0 Å². The summed E-state index contributed by atoms with van der Waals surface area (Å²) in [5.41, 5.74) is 1.81. The lowest BCUT2D eigenvalue weighted by atomic mass is 10.1. The van der Waals surface area contributed by atoms with Crippen LogP contribution < -0.4 is 4.74 Å². The Balaban J connectivity index is 1.72. The Bertz CT molecular complexity index is 996. The molecule has 0 fully saturated rings. The monoisotopic (exact) mass is 362 g/mol. The third kappa shape index (κ3) is 2.82. The van der Waals surface area contributed by atoms with Crippen LogP contribution in [0.5, 0.6) is 5.75 Å². The summed E-state index contributed by atoms with van der Waals surface area (Å²) in [5, 5.41) is 15.4. The molecule has 1 amide bonds. The second kappa shape index (κ2) is 6.61. The lowest BCUT2D eigenvalue weighted by Gasteiger charge is -2.20. The average molecular weight is 362 g/mol. The SMILES string of the molecule is COc1ccccc1/C=C1/C(=N)N2N=C(c3ccccc3)SC2=NC1=O. The highest BCUT2D eigenvalue weighted by atomic mass is 32.2. The van der Waals surface area contributed by atoms with Crippen LogP contribution in [0.3, 0.4) is 0 Å². The summed E-state index contributed by atoms with van der Waals surface area (Å²) in [6.07, 6.45) is 1.62. The molecule has 0 spiro atoms. The van der Waals surface area contributed by atoms with Crippen molar-refractivity contribution in [2.45, 2.75) is 0 Å². The quantitative estimate of drug-likeness (QED) is 0.849. The molecule has 6 nitrogen and oxygen atoms in total. The first-order chi connectivity index (χ1) is 12.7. The number of fused-ring (bicyclic) bond motifs is 1. The molecule has 2 aromatic rings. The van der Waals surface area contributed by atoms with Crippen molar-refractivity contribution < 1.29 is 9.53 Å². The van der Waals surface area contributed by atoms with Crippen LogP contribution in [0.1, 0.15) is 11.1 Å². The van der Waals surface area contributed by atoms with E-state index in [1.54, 1.807) is 19.3 Å². The van der Waals surface area contributed by atoms with Crippen LogP contribution in [0.15, 0.2) is 70.3 Å². The summed E-state index contributed by atoms with van der Waals surface area (Å²) in [7, 11) is 1.56. The maximum absolute atomic E-state index is 12.5. The maximum Gasteiger partial charge on any atom is 0.283 e. The third-order valence-corrected chi connectivity index (χ3v) is 4.87. The number of aliphatic imine (C=N–C) groups is 1. The maximum atomic E-state index is 12.5. The molecule has 4 rings (SSSR count).